The van der Waals surface area contributed by atoms with Crippen LogP contribution in [0.1, 0.15) is 33.3 Å². The van der Waals surface area contributed by atoms with E-state index >= 15 is 0 Å². The molecule has 1 aromatic rings. The zero-order chi connectivity index (χ0) is 15.3. The van der Waals surface area contributed by atoms with Gasteiger partial charge in [-0.1, -0.05) is 13.8 Å². The Kier molecular flexibility index (Phi) is 6.36. The van der Waals surface area contributed by atoms with Gasteiger partial charge in [0.25, 0.3) is 0 Å². The molecule has 0 bridgehead atoms. The predicted octanol–water partition coefficient (Wildman–Crippen LogP) is 2.67. The van der Waals surface area contributed by atoms with E-state index in [1.165, 1.54) is 17.0 Å². The van der Waals surface area contributed by atoms with Gasteiger partial charge in [0.05, 0.1) is 6.61 Å². The number of hydrogen-bond acceptors (Lipinski definition) is 3. The first-order valence-corrected chi connectivity index (χ1v) is 6.95. The molecule has 0 spiro atoms. The standard InChI is InChI=1S/C15H24F2N2O/c1-10(2)18-9-12-7-13(16)15(14(17)8-12)19(5-6-20)11(3)4/h7-8,10-11,18,20H,5-6,9H2,1-4H3. The summed E-state index contributed by atoms with van der Waals surface area (Å²) in [5.41, 5.74) is 0.507. The summed E-state index contributed by atoms with van der Waals surface area (Å²) in [7, 11) is 0. The topological polar surface area (TPSA) is 35.5 Å². The number of rotatable bonds is 7. The fraction of sp³-hybridized carbons (Fsp3) is 0.600. The number of halogens is 2. The Bertz CT molecular complexity index is 413. The average Bonchev–Trinajstić information content (AvgIpc) is 2.34. The van der Waals surface area contributed by atoms with Gasteiger partial charge >= 0.3 is 0 Å². The third-order valence-corrected chi connectivity index (χ3v) is 3.04. The summed E-state index contributed by atoms with van der Waals surface area (Å²) < 4.78 is 28.4. The molecule has 5 heteroatoms. The average molecular weight is 286 g/mol. The highest BCUT2D eigenvalue weighted by molar-refractivity contribution is 5.51. The Labute approximate surface area is 119 Å². The molecule has 0 aliphatic heterocycles. The third-order valence-electron chi connectivity index (χ3n) is 3.04. The lowest BCUT2D eigenvalue weighted by atomic mass is 10.1. The molecular weight excluding hydrogens is 262 g/mol. The van der Waals surface area contributed by atoms with E-state index < -0.39 is 11.6 Å². The van der Waals surface area contributed by atoms with E-state index in [1.807, 2.05) is 27.7 Å². The van der Waals surface area contributed by atoms with E-state index in [1.54, 1.807) is 0 Å². The van der Waals surface area contributed by atoms with Gasteiger partial charge in [-0.2, -0.15) is 0 Å². The van der Waals surface area contributed by atoms with Crippen molar-refractivity contribution in [3.05, 3.63) is 29.3 Å². The molecule has 0 aromatic heterocycles. The van der Waals surface area contributed by atoms with Crippen molar-refractivity contribution in [1.82, 2.24) is 5.32 Å². The summed E-state index contributed by atoms with van der Waals surface area (Å²) in [6.45, 7) is 8.10. The number of hydrogen-bond donors (Lipinski definition) is 2. The van der Waals surface area contributed by atoms with Crippen molar-refractivity contribution in [3.63, 3.8) is 0 Å². The van der Waals surface area contributed by atoms with E-state index in [4.69, 9.17) is 5.11 Å². The lowest BCUT2D eigenvalue weighted by Crippen LogP contribution is -2.35. The molecule has 0 unspecified atom stereocenters. The largest absolute Gasteiger partial charge is 0.395 e. The highest BCUT2D eigenvalue weighted by Gasteiger charge is 2.20. The van der Waals surface area contributed by atoms with E-state index in [0.29, 0.717) is 12.1 Å². The van der Waals surface area contributed by atoms with Gasteiger partial charge < -0.3 is 15.3 Å². The van der Waals surface area contributed by atoms with Crippen LogP contribution in [0.2, 0.25) is 0 Å². The van der Waals surface area contributed by atoms with Crippen molar-refractivity contribution in [2.45, 2.75) is 46.3 Å². The van der Waals surface area contributed by atoms with E-state index in [0.717, 1.165) is 0 Å². The van der Waals surface area contributed by atoms with Crippen LogP contribution in [-0.4, -0.2) is 30.3 Å². The SMILES string of the molecule is CC(C)NCc1cc(F)c(N(CCO)C(C)C)c(F)c1. The fourth-order valence-corrected chi connectivity index (χ4v) is 2.05. The normalized spacial score (nSPS) is 11.4. The Hall–Kier alpha value is -1.20. The Morgan fingerprint density at radius 2 is 1.70 bits per heavy atom. The first-order valence-electron chi connectivity index (χ1n) is 6.95. The molecule has 1 aromatic carbocycles. The maximum atomic E-state index is 14.2. The number of benzene rings is 1. The van der Waals surface area contributed by atoms with Gasteiger partial charge in [-0.3, -0.25) is 0 Å². The van der Waals surface area contributed by atoms with Gasteiger partial charge in [-0.15, -0.1) is 0 Å². The number of anilines is 1. The van der Waals surface area contributed by atoms with Crippen molar-refractivity contribution in [3.8, 4) is 0 Å². The maximum Gasteiger partial charge on any atom is 0.149 e. The second kappa shape index (κ2) is 7.55. The van der Waals surface area contributed by atoms with E-state index in [2.05, 4.69) is 5.32 Å². The minimum atomic E-state index is -0.590. The van der Waals surface area contributed by atoms with Crippen LogP contribution in [0.3, 0.4) is 0 Å². The number of nitrogens with one attached hydrogen (secondary N) is 1. The Balaban J connectivity index is 3.03. The smallest absolute Gasteiger partial charge is 0.149 e. The van der Waals surface area contributed by atoms with Crippen LogP contribution in [0.4, 0.5) is 14.5 Å². The summed E-state index contributed by atoms with van der Waals surface area (Å²) in [4.78, 5) is 1.53. The molecule has 0 aliphatic rings. The highest BCUT2D eigenvalue weighted by Crippen LogP contribution is 2.26. The van der Waals surface area contributed by atoms with Crippen LogP contribution in [0, 0.1) is 11.6 Å². The number of aliphatic hydroxyl groups excluding tert-OH is 1. The van der Waals surface area contributed by atoms with Crippen molar-refractivity contribution in [2.24, 2.45) is 0 Å². The van der Waals surface area contributed by atoms with Crippen LogP contribution in [0.5, 0.6) is 0 Å². The predicted molar refractivity (Wildman–Crippen MR) is 77.9 cm³/mol. The summed E-state index contributed by atoms with van der Waals surface area (Å²) >= 11 is 0. The molecule has 1 rings (SSSR count). The molecule has 0 saturated heterocycles. The van der Waals surface area contributed by atoms with Crippen LogP contribution >= 0.6 is 0 Å². The minimum Gasteiger partial charge on any atom is -0.395 e. The van der Waals surface area contributed by atoms with Gasteiger partial charge in [-0.25, -0.2) is 8.78 Å². The molecule has 0 radical (unpaired) electrons. The van der Waals surface area contributed by atoms with Gasteiger partial charge in [0.15, 0.2) is 0 Å². The summed E-state index contributed by atoms with van der Waals surface area (Å²) in [5.74, 6) is -1.18. The molecule has 0 atom stereocenters. The number of aliphatic hydroxyl groups is 1. The first-order chi connectivity index (χ1) is 9.36. The molecule has 0 aliphatic carbocycles. The second-order valence-electron chi connectivity index (χ2n) is 5.45. The van der Waals surface area contributed by atoms with Gasteiger partial charge in [0, 0.05) is 25.2 Å². The van der Waals surface area contributed by atoms with Gasteiger partial charge in [0.1, 0.15) is 17.3 Å². The van der Waals surface area contributed by atoms with E-state index in [-0.39, 0.29) is 30.9 Å². The Morgan fingerprint density at radius 3 is 2.10 bits per heavy atom. The lowest BCUT2D eigenvalue weighted by molar-refractivity contribution is 0.298. The van der Waals surface area contributed by atoms with Crippen LogP contribution in [-0.2, 0) is 6.54 Å². The highest BCUT2D eigenvalue weighted by atomic mass is 19.1. The van der Waals surface area contributed by atoms with Crippen molar-refractivity contribution < 1.29 is 13.9 Å². The monoisotopic (exact) mass is 286 g/mol. The van der Waals surface area contributed by atoms with Crippen molar-refractivity contribution in [2.75, 3.05) is 18.1 Å². The van der Waals surface area contributed by atoms with Crippen LogP contribution in [0.15, 0.2) is 12.1 Å². The molecule has 0 heterocycles. The fourth-order valence-electron chi connectivity index (χ4n) is 2.05. The van der Waals surface area contributed by atoms with Crippen LogP contribution < -0.4 is 10.2 Å². The summed E-state index contributed by atoms with van der Waals surface area (Å²) in [6.07, 6.45) is 0. The molecular formula is C15H24F2N2O. The van der Waals surface area contributed by atoms with Gasteiger partial charge in [-0.05, 0) is 31.5 Å². The summed E-state index contributed by atoms with van der Waals surface area (Å²) in [6, 6.07) is 2.86. The molecule has 0 fully saturated rings. The second-order valence-corrected chi connectivity index (χ2v) is 5.45. The minimum absolute atomic E-state index is 0.0673. The first kappa shape index (κ1) is 16.9. The molecule has 0 saturated carbocycles. The van der Waals surface area contributed by atoms with Gasteiger partial charge in [0.2, 0.25) is 0 Å². The lowest BCUT2D eigenvalue weighted by Gasteiger charge is -2.29. The Morgan fingerprint density at radius 1 is 1.15 bits per heavy atom. The zero-order valence-corrected chi connectivity index (χ0v) is 12.6. The van der Waals surface area contributed by atoms with Crippen molar-refractivity contribution in [1.29, 1.82) is 0 Å². The number of nitrogens with zero attached hydrogens (tertiary/aromatic N) is 1. The molecule has 2 N–H and O–H groups in total. The quantitative estimate of drug-likeness (QED) is 0.809. The molecule has 20 heavy (non-hydrogen) atoms. The third kappa shape index (κ3) is 4.42. The molecule has 0 amide bonds. The zero-order valence-electron chi connectivity index (χ0n) is 12.6. The molecule has 114 valence electrons. The summed E-state index contributed by atoms with van der Waals surface area (Å²) in [5, 5.41) is 12.2. The molecule has 3 nitrogen and oxygen atoms in total. The van der Waals surface area contributed by atoms with Crippen molar-refractivity contribution >= 4 is 5.69 Å². The van der Waals surface area contributed by atoms with E-state index in [9.17, 15) is 8.78 Å². The van der Waals surface area contributed by atoms with Crippen LogP contribution in [0.25, 0.3) is 0 Å². The maximum absolute atomic E-state index is 14.2.